The summed E-state index contributed by atoms with van der Waals surface area (Å²) < 4.78 is 0. The van der Waals surface area contributed by atoms with Gasteiger partial charge in [0, 0.05) is 12.8 Å². The molecule has 0 aromatic rings. The van der Waals surface area contributed by atoms with Gasteiger partial charge in [0.15, 0.2) is 0 Å². The lowest BCUT2D eigenvalue weighted by atomic mass is 9.94. The molecular formula is C16H28O4. The van der Waals surface area contributed by atoms with Gasteiger partial charge in [-0.1, -0.05) is 18.6 Å². The van der Waals surface area contributed by atoms with Crippen molar-refractivity contribution < 1.29 is 19.6 Å². The van der Waals surface area contributed by atoms with E-state index in [1.807, 2.05) is 27.7 Å². The van der Waals surface area contributed by atoms with Crippen molar-refractivity contribution >= 4 is 0 Å². The van der Waals surface area contributed by atoms with Gasteiger partial charge in [-0.15, -0.1) is 13.2 Å². The number of hydrogen-bond acceptors (Lipinski definition) is 4. The average molecular weight is 284 g/mol. The lowest BCUT2D eigenvalue weighted by Gasteiger charge is -2.37. The summed E-state index contributed by atoms with van der Waals surface area (Å²) >= 11 is 0. The minimum Gasteiger partial charge on any atom is -0.223 e. The fraction of sp³-hybridized carbons (Fsp3) is 0.750. The van der Waals surface area contributed by atoms with Gasteiger partial charge < -0.3 is 0 Å². The molecule has 0 atom stereocenters. The van der Waals surface area contributed by atoms with Crippen LogP contribution in [-0.2, 0) is 19.6 Å². The Kier molecular flexibility index (Phi) is 5.95. The van der Waals surface area contributed by atoms with Crippen molar-refractivity contribution in [2.24, 2.45) is 0 Å². The van der Waals surface area contributed by atoms with Crippen LogP contribution in [0.1, 0.15) is 59.8 Å². The maximum Gasteiger partial charge on any atom is 0.234 e. The summed E-state index contributed by atoms with van der Waals surface area (Å²) in [5.74, 6) is -0.848. The van der Waals surface area contributed by atoms with Gasteiger partial charge in [-0.3, -0.25) is 0 Å². The van der Waals surface area contributed by atoms with Gasteiger partial charge >= 0.3 is 0 Å². The quantitative estimate of drug-likeness (QED) is 0.285. The Labute approximate surface area is 122 Å². The molecule has 0 aromatic heterocycles. The van der Waals surface area contributed by atoms with Crippen molar-refractivity contribution in [2.75, 3.05) is 0 Å². The topological polar surface area (TPSA) is 36.9 Å². The molecule has 1 rings (SSSR count). The first-order valence-electron chi connectivity index (χ1n) is 7.25. The molecule has 1 fully saturated rings. The Morgan fingerprint density at radius 3 is 1.55 bits per heavy atom. The molecule has 116 valence electrons. The standard InChI is InChI=1S/C16H28O4/c1-7-14(3,4)17-19-16(12-10-9-11-13-16)20-18-15(5,6)8-2/h7-8H,1-2,9-13H2,3-6H3. The van der Waals surface area contributed by atoms with Gasteiger partial charge in [0.2, 0.25) is 5.79 Å². The number of hydrogen-bond donors (Lipinski definition) is 0. The van der Waals surface area contributed by atoms with E-state index in [0.717, 1.165) is 25.7 Å². The van der Waals surface area contributed by atoms with Crippen molar-refractivity contribution in [3.8, 4) is 0 Å². The summed E-state index contributed by atoms with van der Waals surface area (Å²) in [6.45, 7) is 15.0. The molecule has 1 aliphatic rings. The molecule has 0 amide bonds. The molecule has 0 bridgehead atoms. The van der Waals surface area contributed by atoms with E-state index >= 15 is 0 Å². The predicted octanol–water partition coefficient (Wildman–Crippen LogP) is 4.47. The zero-order chi connectivity index (χ0) is 15.3. The van der Waals surface area contributed by atoms with Crippen LogP contribution in [0, 0.1) is 0 Å². The zero-order valence-corrected chi connectivity index (χ0v) is 13.2. The SMILES string of the molecule is C=CC(C)(C)OOC1(OOC(C)(C)C=C)CCCCC1. The van der Waals surface area contributed by atoms with Gasteiger partial charge in [-0.25, -0.2) is 9.78 Å². The normalized spacial score (nSPS) is 19.6. The van der Waals surface area contributed by atoms with Crippen molar-refractivity contribution in [2.45, 2.75) is 76.8 Å². The van der Waals surface area contributed by atoms with Crippen molar-refractivity contribution in [1.29, 1.82) is 0 Å². The molecule has 0 N–H and O–H groups in total. The molecule has 1 aliphatic carbocycles. The molecular weight excluding hydrogens is 256 g/mol. The summed E-state index contributed by atoms with van der Waals surface area (Å²) in [4.78, 5) is 22.2. The van der Waals surface area contributed by atoms with E-state index in [2.05, 4.69) is 13.2 Å². The second-order valence-corrected chi connectivity index (χ2v) is 6.42. The highest BCUT2D eigenvalue weighted by atomic mass is 17.3. The molecule has 4 nitrogen and oxygen atoms in total. The fourth-order valence-electron chi connectivity index (χ4n) is 1.71. The minimum absolute atomic E-state index is 0.568. The highest BCUT2D eigenvalue weighted by Gasteiger charge is 2.40. The van der Waals surface area contributed by atoms with E-state index in [1.165, 1.54) is 6.42 Å². The van der Waals surface area contributed by atoms with E-state index < -0.39 is 17.0 Å². The molecule has 0 saturated heterocycles. The number of rotatable bonds is 8. The van der Waals surface area contributed by atoms with Gasteiger partial charge in [-0.2, -0.15) is 9.78 Å². The van der Waals surface area contributed by atoms with E-state index in [1.54, 1.807) is 12.2 Å². The molecule has 0 heterocycles. The van der Waals surface area contributed by atoms with Gasteiger partial charge in [0.25, 0.3) is 0 Å². The molecule has 0 aromatic carbocycles. The maximum atomic E-state index is 5.61. The molecule has 0 unspecified atom stereocenters. The van der Waals surface area contributed by atoms with Crippen LogP contribution in [0.15, 0.2) is 25.3 Å². The Bertz CT molecular complexity index is 301. The van der Waals surface area contributed by atoms with Crippen LogP contribution in [-0.4, -0.2) is 17.0 Å². The van der Waals surface area contributed by atoms with E-state index in [-0.39, 0.29) is 0 Å². The molecule has 0 radical (unpaired) electrons. The maximum absolute atomic E-state index is 5.61. The monoisotopic (exact) mass is 284 g/mol. The van der Waals surface area contributed by atoms with Crippen LogP contribution in [0.5, 0.6) is 0 Å². The molecule has 1 saturated carbocycles. The van der Waals surface area contributed by atoms with Crippen LogP contribution in [0.2, 0.25) is 0 Å². The molecule has 20 heavy (non-hydrogen) atoms. The lowest BCUT2D eigenvalue weighted by Crippen LogP contribution is -2.42. The molecule has 0 aliphatic heterocycles. The van der Waals surface area contributed by atoms with Crippen molar-refractivity contribution in [3.63, 3.8) is 0 Å². The van der Waals surface area contributed by atoms with E-state index in [9.17, 15) is 0 Å². The highest BCUT2D eigenvalue weighted by Crippen LogP contribution is 2.35. The second-order valence-electron chi connectivity index (χ2n) is 6.42. The Balaban J connectivity index is 2.66. The van der Waals surface area contributed by atoms with E-state index in [4.69, 9.17) is 19.6 Å². The second kappa shape index (κ2) is 6.85. The smallest absolute Gasteiger partial charge is 0.223 e. The third kappa shape index (κ3) is 5.37. The van der Waals surface area contributed by atoms with Crippen LogP contribution >= 0.6 is 0 Å². The molecule has 0 spiro atoms. The van der Waals surface area contributed by atoms with E-state index in [0.29, 0.717) is 0 Å². The lowest BCUT2D eigenvalue weighted by molar-refractivity contribution is -0.541. The van der Waals surface area contributed by atoms with Gasteiger partial charge in [-0.05, 0) is 40.5 Å². The summed E-state index contributed by atoms with van der Waals surface area (Å²) in [6.07, 6.45) is 8.09. The first-order valence-corrected chi connectivity index (χ1v) is 7.25. The Morgan fingerprint density at radius 2 is 1.20 bits per heavy atom. The first-order chi connectivity index (χ1) is 9.24. The molecule has 4 heteroatoms. The van der Waals surface area contributed by atoms with Crippen molar-refractivity contribution in [3.05, 3.63) is 25.3 Å². The largest absolute Gasteiger partial charge is 0.234 e. The predicted molar refractivity (Wildman–Crippen MR) is 78.7 cm³/mol. The summed E-state index contributed by atoms with van der Waals surface area (Å²) in [5, 5.41) is 0. The van der Waals surface area contributed by atoms with Crippen LogP contribution in [0.4, 0.5) is 0 Å². The Hall–Kier alpha value is -0.680. The Morgan fingerprint density at radius 1 is 0.800 bits per heavy atom. The van der Waals surface area contributed by atoms with Crippen LogP contribution in [0.25, 0.3) is 0 Å². The van der Waals surface area contributed by atoms with Crippen LogP contribution < -0.4 is 0 Å². The summed E-state index contributed by atoms with van der Waals surface area (Å²) in [5.41, 5.74) is -1.14. The summed E-state index contributed by atoms with van der Waals surface area (Å²) in [6, 6.07) is 0. The minimum atomic E-state index is -0.848. The third-order valence-electron chi connectivity index (χ3n) is 3.42. The first kappa shape index (κ1) is 17.4. The summed E-state index contributed by atoms with van der Waals surface area (Å²) in [7, 11) is 0. The third-order valence-corrected chi connectivity index (χ3v) is 3.42. The fourth-order valence-corrected chi connectivity index (χ4v) is 1.71. The van der Waals surface area contributed by atoms with Crippen LogP contribution in [0.3, 0.4) is 0 Å². The van der Waals surface area contributed by atoms with Gasteiger partial charge in [0.05, 0.1) is 0 Å². The highest BCUT2D eigenvalue weighted by molar-refractivity contribution is 4.89. The van der Waals surface area contributed by atoms with Gasteiger partial charge in [0.1, 0.15) is 11.2 Å². The zero-order valence-electron chi connectivity index (χ0n) is 13.2. The average Bonchev–Trinajstić information content (AvgIpc) is 2.45. The van der Waals surface area contributed by atoms with Crippen molar-refractivity contribution in [1.82, 2.24) is 0 Å².